The van der Waals surface area contributed by atoms with E-state index in [2.05, 4.69) is 51.4 Å². The Labute approximate surface area is 130 Å². The summed E-state index contributed by atoms with van der Waals surface area (Å²) in [6.07, 6.45) is 6.69. The summed E-state index contributed by atoms with van der Waals surface area (Å²) in [6.45, 7) is 2.18. The van der Waals surface area contributed by atoms with Gasteiger partial charge in [0.1, 0.15) is 0 Å². The smallest absolute Gasteiger partial charge is 0.168 e. The first-order valence-electron chi connectivity index (χ1n) is 7.26. The normalized spacial score (nSPS) is 15.9. The van der Waals surface area contributed by atoms with E-state index in [1.807, 2.05) is 12.1 Å². The van der Waals surface area contributed by atoms with Crippen molar-refractivity contribution in [2.45, 2.75) is 18.9 Å². The van der Waals surface area contributed by atoms with Crippen molar-refractivity contribution >= 4 is 28.7 Å². The van der Waals surface area contributed by atoms with Crippen molar-refractivity contribution in [1.82, 2.24) is 4.57 Å². The van der Waals surface area contributed by atoms with E-state index in [-0.39, 0.29) is 0 Å². The second kappa shape index (κ2) is 6.18. The van der Waals surface area contributed by atoms with Crippen molar-refractivity contribution in [2.75, 3.05) is 23.3 Å². The number of nitrogens with two attached hydrogens (primary N) is 1. The second-order valence-corrected chi connectivity index (χ2v) is 5.82. The molecule has 0 saturated carbocycles. The molecule has 1 aromatic carbocycles. The lowest BCUT2D eigenvalue weighted by Crippen LogP contribution is -2.34. The monoisotopic (exact) mass is 300 g/mol. The fourth-order valence-electron chi connectivity index (χ4n) is 2.91. The average Bonchev–Trinajstić information content (AvgIpc) is 3.02. The average molecular weight is 300 g/mol. The molecule has 0 spiro atoms. The van der Waals surface area contributed by atoms with Crippen LogP contribution in [0.15, 0.2) is 48.8 Å². The fraction of sp³-hybridized carbons (Fsp3) is 0.312. The third-order valence-corrected chi connectivity index (χ3v) is 4.12. The molecular weight excluding hydrogens is 280 g/mol. The van der Waals surface area contributed by atoms with Crippen molar-refractivity contribution in [1.29, 1.82) is 0 Å². The molecule has 2 heterocycles. The molecule has 3 N–H and O–H groups in total. The van der Waals surface area contributed by atoms with Crippen LogP contribution in [0.4, 0.5) is 11.4 Å². The Morgan fingerprint density at radius 2 is 1.71 bits per heavy atom. The van der Waals surface area contributed by atoms with E-state index >= 15 is 0 Å². The van der Waals surface area contributed by atoms with Crippen LogP contribution < -0.4 is 16.0 Å². The summed E-state index contributed by atoms with van der Waals surface area (Å²) >= 11 is 4.84. The molecule has 1 aliphatic rings. The van der Waals surface area contributed by atoms with Crippen molar-refractivity contribution in [3.63, 3.8) is 0 Å². The van der Waals surface area contributed by atoms with Gasteiger partial charge in [-0.2, -0.15) is 0 Å². The van der Waals surface area contributed by atoms with E-state index in [1.165, 1.54) is 18.5 Å². The number of rotatable bonds is 3. The molecule has 1 fully saturated rings. The van der Waals surface area contributed by atoms with Gasteiger partial charge in [-0.05, 0) is 61.5 Å². The molecule has 0 aliphatic carbocycles. The summed E-state index contributed by atoms with van der Waals surface area (Å²) in [5.41, 5.74) is 7.67. The molecule has 0 radical (unpaired) electrons. The quantitative estimate of drug-likeness (QED) is 0.856. The molecule has 110 valence electrons. The molecule has 0 bridgehead atoms. The summed E-state index contributed by atoms with van der Waals surface area (Å²) < 4.78 is 2.33. The van der Waals surface area contributed by atoms with E-state index in [0.29, 0.717) is 11.2 Å². The van der Waals surface area contributed by atoms with Crippen LogP contribution >= 0.6 is 12.2 Å². The maximum absolute atomic E-state index is 5.47. The number of benzene rings is 1. The SMILES string of the molecule is NC(=S)Nc1ccc(N2CCC(n3cccc3)CC2)cc1. The Kier molecular flexibility index (Phi) is 4.10. The van der Waals surface area contributed by atoms with Crippen LogP contribution in [0, 0.1) is 0 Å². The van der Waals surface area contributed by atoms with Crippen LogP contribution in [0.3, 0.4) is 0 Å². The molecule has 21 heavy (non-hydrogen) atoms. The molecule has 2 aromatic rings. The Morgan fingerprint density at radius 3 is 2.29 bits per heavy atom. The van der Waals surface area contributed by atoms with Gasteiger partial charge in [0.25, 0.3) is 0 Å². The predicted molar refractivity (Wildman–Crippen MR) is 91.8 cm³/mol. The zero-order valence-electron chi connectivity index (χ0n) is 11.9. The minimum Gasteiger partial charge on any atom is -0.376 e. The van der Waals surface area contributed by atoms with Gasteiger partial charge in [-0.1, -0.05) is 0 Å². The maximum atomic E-state index is 5.47. The first kappa shape index (κ1) is 13.9. The van der Waals surface area contributed by atoms with Gasteiger partial charge in [-0.15, -0.1) is 0 Å². The summed E-state index contributed by atoms with van der Waals surface area (Å²) in [5, 5.41) is 3.25. The first-order chi connectivity index (χ1) is 10.2. The predicted octanol–water partition coefficient (Wildman–Crippen LogP) is 2.99. The standard InChI is InChI=1S/C16H20N4S/c17-16(21)18-13-3-5-14(6-4-13)20-11-7-15(8-12-20)19-9-1-2-10-19/h1-6,9-10,15H,7-8,11-12H2,(H3,17,18,21). The molecule has 1 saturated heterocycles. The highest BCUT2D eigenvalue weighted by Gasteiger charge is 2.19. The molecule has 4 nitrogen and oxygen atoms in total. The van der Waals surface area contributed by atoms with Crippen LogP contribution in [0.2, 0.25) is 0 Å². The zero-order chi connectivity index (χ0) is 14.7. The number of hydrogen-bond donors (Lipinski definition) is 2. The summed E-state index contributed by atoms with van der Waals surface area (Å²) in [5.74, 6) is 0. The van der Waals surface area contributed by atoms with E-state index < -0.39 is 0 Å². The highest BCUT2D eigenvalue weighted by atomic mass is 32.1. The molecule has 1 aliphatic heterocycles. The largest absolute Gasteiger partial charge is 0.376 e. The van der Waals surface area contributed by atoms with Gasteiger partial charge >= 0.3 is 0 Å². The van der Waals surface area contributed by atoms with Crippen molar-refractivity contribution < 1.29 is 0 Å². The van der Waals surface area contributed by atoms with Crippen molar-refractivity contribution in [3.05, 3.63) is 48.8 Å². The van der Waals surface area contributed by atoms with Gasteiger partial charge in [0.05, 0.1) is 0 Å². The molecule has 0 amide bonds. The lowest BCUT2D eigenvalue weighted by atomic mass is 10.0. The van der Waals surface area contributed by atoms with Gasteiger partial charge in [-0.25, -0.2) is 0 Å². The van der Waals surface area contributed by atoms with Crippen LogP contribution in [-0.4, -0.2) is 22.8 Å². The van der Waals surface area contributed by atoms with E-state index in [0.717, 1.165) is 18.8 Å². The highest BCUT2D eigenvalue weighted by molar-refractivity contribution is 7.80. The second-order valence-electron chi connectivity index (χ2n) is 5.38. The topological polar surface area (TPSA) is 46.2 Å². The number of anilines is 2. The summed E-state index contributed by atoms with van der Waals surface area (Å²) in [7, 11) is 0. The van der Waals surface area contributed by atoms with Gasteiger partial charge in [0.2, 0.25) is 0 Å². The Balaban J connectivity index is 1.60. The molecule has 5 heteroatoms. The van der Waals surface area contributed by atoms with Crippen molar-refractivity contribution in [3.8, 4) is 0 Å². The Hall–Kier alpha value is -2.01. The van der Waals surface area contributed by atoms with Crippen LogP contribution in [-0.2, 0) is 0 Å². The fourth-order valence-corrected chi connectivity index (χ4v) is 3.03. The van der Waals surface area contributed by atoms with Gasteiger partial charge in [-0.3, -0.25) is 0 Å². The highest BCUT2D eigenvalue weighted by Crippen LogP contribution is 2.27. The number of hydrogen-bond acceptors (Lipinski definition) is 2. The van der Waals surface area contributed by atoms with Gasteiger partial charge < -0.3 is 20.5 Å². The maximum Gasteiger partial charge on any atom is 0.168 e. The number of piperidine rings is 1. The molecular formula is C16H20N4S. The molecule has 1 aromatic heterocycles. The molecule has 3 rings (SSSR count). The Bertz CT molecular complexity index is 583. The van der Waals surface area contributed by atoms with Gasteiger partial charge in [0, 0.05) is 42.9 Å². The first-order valence-corrected chi connectivity index (χ1v) is 7.67. The Morgan fingerprint density at radius 1 is 1.10 bits per heavy atom. The van der Waals surface area contributed by atoms with E-state index in [9.17, 15) is 0 Å². The number of nitrogens with zero attached hydrogens (tertiary/aromatic N) is 2. The lowest BCUT2D eigenvalue weighted by Gasteiger charge is -2.34. The number of nitrogens with one attached hydrogen (secondary N) is 1. The summed E-state index contributed by atoms with van der Waals surface area (Å²) in [4.78, 5) is 2.44. The van der Waals surface area contributed by atoms with Gasteiger partial charge in [0.15, 0.2) is 5.11 Å². The van der Waals surface area contributed by atoms with Crippen LogP contribution in [0.5, 0.6) is 0 Å². The van der Waals surface area contributed by atoms with Crippen LogP contribution in [0.1, 0.15) is 18.9 Å². The van der Waals surface area contributed by atoms with E-state index in [4.69, 9.17) is 18.0 Å². The third-order valence-electron chi connectivity index (χ3n) is 4.01. The molecule has 0 atom stereocenters. The molecule has 0 unspecified atom stereocenters. The number of thiocarbonyl (C=S) groups is 1. The third kappa shape index (κ3) is 3.36. The number of aromatic nitrogens is 1. The lowest BCUT2D eigenvalue weighted by molar-refractivity contribution is 0.397. The minimum atomic E-state index is 0.301. The zero-order valence-corrected chi connectivity index (χ0v) is 12.7. The minimum absolute atomic E-state index is 0.301. The summed E-state index contributed by atoms with van der Waals surface area (Å²) in [6, 6.07) is 13.1. The van der Waals surface area contributed by atoms with Crippen LogP contribution in [0.25, 0.3) is 0 Å². The van der Waals surface area contributed by atoms with Crippen molar-refractivity contribution in [2.24, 2.45) is 5.73 Å². The van der Waals surface area contributed by atoms with E-state index in [1.54, 1.807) is 0 Å².